The van der Waals surface area contributed by atoms with Gasteiger partial charge in [-0.05, 0) is 155 Å². The Morgan fingerprint density at radius 3 is 1.23 bits per heavy atom. The lowest BCUT2D eigenvalue weighted by Crippen LogP contribution is -2.63. The Bertz CT molecular complexity index is 5000. The van der Waals surface area contributed by atoms with E-state index in [1.807, 2.05) is 11.3 Å². The van der Waals surface area contributed by atoms with Gasteiger partial charge < -0.3 is 19.3 Å². The summed E-state index contributed by atoms with van der Waals surface area (Å²) in [7, 11) is 0. The molecule has 4 aliphatic rings. The van der Waals surface area contributed by atoms with Crippen molar-refractivity contribution in [3.8, 4) is 67.5 Å². The minimum absolute atomic E-state index is 0.162. The van der Waals surface area contributed by atoms with Gasteiger partial charge in [-0.15, -0.1) is 11.3 Å². The van der Waals surface area contributed by atoms with Crippen LogP contribution in [-0.2, 0) is 16.2 Å². The van der Waals surface area contributed by atoms with Crippen molar-refractivity contribution in [2.45, 2.75) is 78.6 Å². The molecule has 1 aromatic heterocycles. The molecule has 0 saturated carbocycles. The summed E-state index contributed by atoms with van der Waals surface area (Å²) in [5.74, 6) is 3.35. The fourth-order valence-electron chi connectivity index (χ4n) is 15.0. The molecule has 0 N–H and O–H groups in total. The Morgan fingerprint density at radius 2 is 0.725 bits per heavy atom. The highest BCUT2D eigenvalue weighted by Gasteiger charge is 2.51. The van der Waals surface area contributed by atoms with Crippen LogP contribution >= 0.6 is 11.3 Å². The molecule has 17 rings (SSSR count). The first kappa shape index (κ1) is 55.3. The predicted octanol–water partition coefficient (Wildman–Crippen LogP) is 19.4. The maximum atomic E-state index is 7.84. The molecule has 0 amide bonds. The Kier molecular flexibility index (Phi) is 12.4. The number of nitrogens with zero attached hydrogens (tertiary/aromatic N) is 2. The van der Waals surface area contributed by atoms with Crippen molar-refractivity contribution in [2.75, 3.05) is 9.80 Å². The zero-order chi connectivity index (χ0) is 61.8. The van der Waals surface area contributed by atoms with Crippen LogP contribution in [0.2, 0.25) is 0 Å². The highest BCUT2D eigenvalue weighted by molar-refractivity contribution is 7.26. The van der Waals surface area contributed by atoms with Gasteiger partial charge in [-0.1, -0.05) is 244 Å². The Labute approximate surface area is 539 Å². The molecule has 0 saturated heterocycles. The van der Waals surface area contributed by atoms with Crippen LogP contribution in [0.25, 0.3) is 64.7 Å². The molecule has 0 bridgehead atoms. The summed E-state index contributed by atoms with van der Waals surface area (Å²) in [5, 5.41) is 2.51. The molecule has 0 aliphatic carbocycles. The van der Waals surface area contributed by atoms with Crippen molar-refractivity contribution in [3.63, 3.8) is 0 Å². The van der Waals surface area contributed by atoms with E-state index in [0.29, 0.717) is 0 Å². The van der Waals surface area contributed by atoms with Gasteiger partial charge in [-0.3, -0.25) is 0 Å². The second-order valence-electron chi connectivity index (χ2n) is 28.4. The largest absolute Gasteiger partial charge is 0.458 e. The molecule has 5 heterocycles. The number of hydrogen-bond donors (Lipinski definition) is 0. The maximum absolute atomic E-state index is 7.84. The van der Waals surface area contributed by atoms with E-state index in [1.165, 1.54) is 58.9 Å². The number of fused-ring (bicyclic) bond motifs is 12. The van der Waals surface area contributed by atoms with Gasteiger partial charge in [0.25, 0.3) is 13.4 Å². The highest BCUT2D eigenvalue weighted by Crippen LogP contribution is 2.58. The summed E-state index contributed by atoms with van der Waals surface area (Å²) in [6, 6.07) is 93.5. The molecule has 0 unspecified atom stereocenters. The Balaban J connectivity index is 1.10. The topological polar surface area (TPSA) is 24.9 Å². The maximum Gasteiger partial charge on any atom is 0.260 e. The number of para-hydroxylation sites is 2. The number of rotatable bonds is 6. The van der Waals surface area contributed by atoms with Gasteiger partial charge in [-0.2, -0.15) is 0 Å². The smallest absolute Gasteiger partial charge is 0.260 e. The van der Waals surface area contributed by atoms with Crippen molar-refractivity contribution in [3.05, 3.63) is 265 Å². The molecule has 12 aromatic carbocycles. The molecule has 0 atom stereocenters. The average Bonchev–Trinajstić information content (AvgIpc) is 1.03. The Hall–Kier alpha value is -9.81. The minimum Gasteiger partial charge on any atom is -0.458 e. The van der Waals surface area contributed by atoms with Crippen molar-refractivity contribution in [1.29, 1.82) is 0 Å². The van der Waals surface area contributed by atoms with Gasteiger partial charge in [0, 0.05) is 59.6 Å². The monoisotopic (exact) mass is 1190 g/mol. The van der Waals surface area contributed by atoms with E-state index >= 15 is 0 Å². The number of ether oxygens (including phenoxy) is 2. The molecular formula is C84H68B2N2O2S. The number of anilines is 6. The van der Waals surface area contributed by atoms with Crippen LogP contribution in [-0.4, -0.2) is 13.4 Å². The van der Waals surface area contributed by atoms with Gasteiger partial charge in [0.1, 0.15) is 23.0 Å². The standard InChI is InChI=1S/C84H68B2N2O2S/c1-82(2,3)55-42-59(51-28-14-10-15-29-51)78(60(43-55)52-30-16-11-17-31-52)87-68-50-75-63(58-36-22-27-41-74(58)91-75)48-66(68)86-67-49-73-77-81(90-72-40-26-24-38-65(72)85(77)64-37-23-25-39-71(64)89-73)80(67)88(70-47-57(84(7,8)9)46-69(87)76(70)86)79-61(53-32-18-12-19-33-53)44-56(83(4,5)6)45-62(79)54-34-20-13-21-35-54/h10-50H,1-9H3. The van der Waals surface area contributed by atoms with E-state index in [9.17, 15) is 0 Å². The zero-order valence-corrected chi connectivity index (χ0v) is 53.8. The predicted molar refractivity (Wildman–Crippen MR) is 389 cm³/mol. The third-order valence-electron chi connectivity index (χ3n) is 19.6. The Morgan fingerprint density at radius 1 is 0.308 bits per heavy atom. The molecular weight excluding hydrogens is 1120 g/mol. The van der Waals surface area contributed by atoms with Crippen molar-refractivity contribution in [2.24, 2.45) is 0 Å². The van der Waals surface area contributed by atoms with E-state index in [0.717, 1.165) is 112 Å². The van der Waals surface area contributed by atoms with Crippen LogP contribution in [0.5, 0.6) is 23.0 Å². The highest BCUT2D eigenvalue weighted by atomic mass is 32.1. The van der Waals surface area contributed by atoms with Gasteiger partial charge in [0.15, 0.2) is 0 Å². The summed E-state index contributed by atoms with van der Waals surface area (Å²) in [6.07, 6.45) is 0. The molecule has 4 nitrogen and oxygen atoms in total. The first-order valence-corrected chi connectivity index (χ1v) is 32.9. The molecule has 0 fully saturated rings. The van der Waals surface area contributed by atoms with Crippen molar-refractivity contribution >= 4 is 112 Å². The first-order valence-electron chi connectivity index (χ1n) is 32.1. The summed E-state index contributed by atoms with van der Waals surface area (Å²) in [4.78, 5) is 5.39. The number of hydrogen-bond acceptors (Lipinski definition) is 5. The van der Waals surface area contributed by atoms with Crippen molar-refractivity contribution < 1.29 is 9.47 Å². The fraction of sp³-hybridized carbons (Fsp3) is 0.143. The second kappa shape index (κ2) is 20.4. The summed E-state index contributed by atoms with van der Waals surface area (Å²) < 4.78 is 17.8. The molecule has 7 heteroatoms. The SMILES string of the molecule is CC(C)(C)c1cc(-c2ccccc2)c(N2c3cc4sc5ccccc5c4cc3B3c4cc5c6c(c4N(c4c(-c7ccccc7)cc(C(C)(C)C)cc4-c4ccccc4)c4cc(C(C)(C)C)cc2c43)Oc2ccccc2B6c2ccccc2O5)c(-c2ccccc2)c1. The third kappa shape index (κ3) is 8.71. The molecule has 4 aliphatic heterocycles. The van der Waals surface area contributed by atoms with Gasteiger partial charge >= 0.3 is 0 Å². The summed E-state index contributed by atoms with van der Waals surface area (Å²) in [5.41, 5.74) is 25.8. The number of benzene rings is 12. The zero-order valence-electron chi connectivity index (χ0n) is 52.9. The van der Waals surface area contributed by atoms with Gasteiger partial charge in [-0.25, -0.2) is 0 Å². The molecule has 91 heavy (non-hydrogen) atoms. The molecule has 13 aromatic rings. The summed E-state index contributed by atoms with van der Waals surface area (Å²) in [6.45, 7) is 20.7. The van der Waals surface area contributed by atoms with E-state index in [-0.39, 0.29) is 29.7 Å². The van der Waals surface area contributed by atoms with Crippen LogP contribution in [0.4, 0.5) is 34.1 Å². The van der Waals surface area contributed by atoms with Gasteiger partial charge in [0.05, 0.1) is 17.1 Å². The summed E-state index contributed by atoms with van der Waals surface area (Å²) >= 11 is 1.88. The van der Waals surface area contributed by atoms with E-state index in [1.54, 1.807) is 0 Å². The van der Waals surface area contributed by atoms with E-state index in [4.69, 9.17) is 9.47 Å². The van der Waals surface area contributed by atoms with Crippen LogP contribution in [0.1, 0.15) is 79.0 Å². The first-order chi connectivity index (χ1) is 44.0. The van der Waals surface area contributed by atoms with Crippen LogP contribution in [0, 0.1) is 0 Å². The van der Waals surface area contributed by atoms with Crippen LogP contribution < -0.4 is 52.1 Å². The van der Waals surface area contributed by atoms with Crippen LogP contribution in [0.15, 0.2) is 249 Å². The molecule has 0 spiro atoms. The quantitative estimate of drug-likeness (QED) is 0.155. The lowest BCUT2D eigenvalue weighted by atomic mass is 9.31. The third-order valence-corrected chi connectivity index (χ3v) is 20.7. The van der Waals surface area contributed by atoms with Crippen molar-refractivity contribution in [1.82, 2.24) is 0 Å². The fourth-order valence-corrected chi connectivity index (χ4v) is 16.1. The lowest BCUT2D eigenvalue weighted by molar-refractivity contribution is 0.466. The van der Waals surface area contributed by atoms with Gasteiger partial charge in [0.2, 0.25) is 0 Å². The van der Waals surface area contributed by atoms with E-state index < -0.39 is 0 Å². The number of thiophene rings is 1. The average molecular weight is 1190 g/mol. The second-order valence-corrected chi connectivity index (χ2v) is 29.4. The molecule has 0 radical (unpaired) electrons. The normalized spacial score (nSPS) is 13.6. The van der Waals surface area contributed by atoms with Crippen LogP contribution in [0.3, 0.4) is 0 Å². The minimum atomic E-state index is -0.322. The molecule has 438 valence electrons. The lowest BCUT2D eigenvalue weighted by Gasteiger charge is -2.48. The van der Waals surface area contributed by atoms with E-state index in [2.05, 4.69) is 321 Å².